The molecule has 0 aliphatic carbocycles. The van der Waals surface area contributed by atoms with Crippen LogP contribution in [0.15, 0.2) is 77.0 Å². The van der Waals surface area contributed by atoms with Gasteiger partial charge in [0.25, 0.3) is 0 Å². The monoisotopic (exact) mass is 419 g/mol. The van der Waals surface area contributed by atoms with Crippen LogP contribution in [-0.4, -0.2) is 26.5 Å². The van der Waals surface area contributed by atoms with E-state index in [0.29, 0.717) is 12.3 Å². The molecule has 2 heterocycles. The molecule has 2 aromatic carbocycles. The topological polar surface area (TPSA) is 103 Å². The summed E-state index contributed by atoms with van der Waals surface area (Å²) in [7, 11) is 0. The first-order valence-corrected chi connectivity index (χ1v) is 9.98. The van der Waals surface area contributed by atoms with Gasteiger partial charge in [-0.3, -0.25) is 15.1 Å². The molecule has 2 aromatic heterocycles. The summed E-state index contributed by atoms with van der Waals surface area (Å²) in [5.74, 6) is 0.842. The Bertz CT molecular complexity index is 1200. The first-order valence-electron chi connectivity index (χ1n) is 9.16. The van der Waals surface area contributed by atoms with Crippen LogP contribution in [-0.2, 0) is 0 Å². The molecule has 0 saturated carbocycles. The molecule has 0 atom stereocenters. The highest BCUT2D eigenvalue weighted by atomic mass is 32.2. The molecule has 0 spiro atoms. The summed E-state index contributed by atoms with van der Waals surface area (Å²) in [6.07, 6.45) is 3.00. The van der Waals surface area contributed by atoms with E-state index in [2.05, 4.69) is 20.3 Å². The van der Waals surface area contributed by atoms with Crippen molar-refractivity contribution >= 4 is 39.9 Å². The van der Waals surface area contributed by atoms with Gasteiger partial charge in [-0.1, -0.05) is 30.0 Å². The van der Waals surface area contributed by atoms with Crippen LogP contribution in [0.3, 0.4) is 0 Å². The number of anilines is 2. The average Bonchev–Trinajstić information content (AvgIpc) is 2.75. The van der Waals surface area contributed by atoms with Crippen LogP contribution in [0.1, 0.15) is 6.92 Å². The third-order valence-electron chi connectivity index (χ3n) is 4.20. The molecule has 9 heteroatoms. The van der Waals surface area contributed by atoms with Gasteiger partial charge in [-0.25, -0.2) is 9.97 Å². The van der Waals surface area contributed by atoms with E-state index in [1.54, 1.807) is 30.5 Å². The lowest BCUT2D eigenvalue weighted by Crippen LogP contribution is -2.03. The van der Waals surface area contributed by atoms with Crippen LogP contribution in [0.5, 0.6) is 5.75 Å². The SMILES string of the molecule is CCOc1ccc(Nc2ncnc(Sc3cccc4cccnc34)c2[N+](=O)[O-])cc1. The van der Waals surface area contributed by atoms with Gasteiger partial charge < -0.3 is 10.1 Å². The maximum atomic E-state index is 11.9. The van der Waals surface area contributed by atoms with E-state index in [4.69, 9.17) is 4.74 Å². The van der Waals surface area contributed by atoms with Crippen molar-refractivity contribution in [3.63, 3.8) is 0 Å². The van der Waals surface area contributed by atoms with Gasteiger partial charge >= 0.3 is 5.69 Å². The number of rotatable bonds is 7. The van der Waals surface area contributed by atoms with E-state index in [1.807, 2.05) is 37.3 Å². The molecule has 0 bridgehead atoms. The fourth-order valence-corrected chi connectivity index (χ4v) is 3.88. The minimum atomic E-state index is -0.474. The molecule has 0 unspecified atom stereocenters. The normalized spacial score (nSPS) is 10.7. The van der Waals surface area contributed by atoms with Gasteiger partial charge in [0, 0.05) is 22.2 Å². The highest BCUT2D eigenvalue weighted by Crippen LogP contribution is 2.39. The van der Waals surface area contributed by atoms with Crippen molar-refractivity contribution in [2.24, 2.45) is 0 Å². The zero-order valence-corrected chi connectivity index (χ0v) is 16.8. The molecule has 1 N–H and O–H groups in total. The number of nitrogens with one attached hydrogen (secondary N) is 1. The third kappa shape index (κ3) is 4.15. The fraction of sp³-hybridized carbons (Fsp3) is 0.0952. The molecule has 0 radical (unpaired) electrons. The van der Waals surface area contributed by atoms with Crippen molar-refractivity contribution in [3.05, 3.63) is 77.2 Å². The standard InChI is InChI=1S/C21H17N5O3S/c1-2-29-16-10-8-15(9-11-16)25-20-19(26(27)28)21(24-13-23-20)30-17-7-3-5-14-6-4-12-22-18(14)17/h3-13H,2H2,1H3,(H,23,24,25). The van der Waals surface area contributed by atoms with Crippen molar-refractivity contribution < 1.29 is 9.66 Å². The second-order valence-electron chi connectivity index (χ2n) is 6.15. The number of aromatic nitrogens is 3. The van der Waals surface area contributed by atoms with Crippen molar-refractivity contribution in [1.29, 1.82) is 0 Å². The Labute approximate surface area is 176 Å². The molecule has 150 valence electrons. The smallest absolute Gasteiger partial charge is 0.343 e. The van der Waals surface area contributed by atoms with E-state index in [0.717, 1.165) is 21.5 Å². The van der Waals surface area contributed by atoms with E-state index in [1.165, 1.54) is 18.1 Å². The van der Waals surface area contributed by atoms with Crippen LogP contribution in [0, 0.1) is 10.1 Å². The minimum absolute atomic E-state index is 0.120. The lowest BCUT2D eigenvalue weighted by atomic mass is 10.2. The maximum Gasteiger partial charge on any atom is 0.343 e. The molecule has 8 nitrogen and oxygen atoms in total. The first kappa shape index (κ1) is 19.6. The zero-order valence-electron chi connectivity index (χ0n) is 16.0. The number of pyridine rings is 1. The lowest BCUT2D eigenvalue weighted by Gasteiger charge is -2.10. The summed E-state index contributed by atoms with van der Waals surface area (Å²) in [5, 5.41) is 16.1. The summed E-state index contributed by atoms with van der Waals surface area (Å²) in [4.78, 5) is 24.8. The van der Waals surface area contributed by atoms with Crippen LogP contribution in [0.4, 0.5) is 17.2 Å². The third-order valence-corrected chi connectivity index (χ3v) is 5.24. The molecule has 4 aromatic rings. The molecular weight excluding hydrogens is 402 g/mol. The number of benzene rings is 2. The van der Waals surface area contributed by atoms with Crippen LogP contribution in [0.2, 0.25) is 0 Å². The van der Waals surface area contributed by atoms with Gasteiger partial charge in [0.2, 0.25) is 5.82 Å². The maximum absolute atomic E-state index is 11.9. The van der Waals surface area contributed by atoms with Gasteiger partial charge in [0.05, 0.1) is 17.0 Å². The predicted molar refractivity (Wildman–Crippen MR) is 115 cm³/mol. The van der Waals surface area contributed by atoms with Crippen LogP contribution in [0.25, 0.3) is 10.9 Å². The minimum Gasteiger partial charge on any atom is -0.494 e. The first-order chi connectivity index (χ1) is 14.7. The van der Waals surface area contributed by atoms with Crippen molar-refractivity contribution in [2.75, 3.05) is 11.9 Å². The zero-order chi connectivity index (χ0) is 20.9. The Morgan fingerprint density at radius 2 is 1.87 bits per heavy atom. The van der Waals surface area contributed by atoms with Gasteiger partial charge in [-0.2, -0.15) is 0 Å². The Balaban J connectivity index is 1.68. The highest BCUT2D eigenvalue weighted by Gasteiger charge is 2.24. The lowest BCUT2D eigenvalue weighted by molar-refractivity contribution is -0.387. The Morgan fingerprint density at radius 1 is 1.07 bits per heavy atom. The average molecular weight is 419 g/mol. The van der Waals surface area contributed by atoms with Gasteiger partial charge in [0.1, 0.15) is 12.1 Å². The van der Waals surface area contributed by atoms with Crippen molar-refractivity contribution in [3.8, 4) is 5.75 Å². The molecule has 0 amide bonds. The number of nitro groups is 1. The van der Waals surface area contributed by atoms with Crippen LogP contribution < -0.4 is 10.1 Å². The largest absolute Gasteiger partial charge is 0.494 e. The Morgan fingerprint density at radius 3 is 2.63 bits per heavy atom. The molecule has 0 aliphatic rings. The van der Waals surface area contributed by atoms with E-state index < -0.39 is 4.92 Å². The second-order valence-corrected chi connectivity index (χ2v) is 7.18. The Kier molecular flexibility index (Phi) is 5.71. The van der Waals surface area contributed by atoms with Crippen molar-refractivity contribution in [2.45, 2.75) is 16.8 Å². The molecule has 0 aliphatic heterocycles. The number of nitrogens with zero attached hydrogens (tertiary/aromatic N) is 4. The second kappa shape index (κ2) is 8.75. The van der Waals surface area contributed by atoms with Gasteiger partial charge in [-0.05, 0) is 43.3 Å². The summed E-state index contributed by atoms with van der Waals surface area (Å²) in [5.41, 5.74) is 1.23. The van der Waals surface area contributed by atoms with Gasteiger partial charge in [-0.15, -0.1) is 0 Å². The summed E-state index contributed by atoms with van der Waals surface area (Å²) in [6, 6.07) is 16.6. The number of hydrogen-bond donors (Lipinski definition) is 1. The van der Waals surface area contributed by atoms with E-state index in [9.17, 15) is 10.1 Å². The molecule has 30 heavy (non-hydrogen) atoms. The summed E-state index contributed by atoms with van der Waals surface area (Å²) < 4.78 is 5.42. The molecular formula is C21H17N5O3S. The predicted octanol–water partition coefficient (Wildman–Crippen LogP) is 5.23. The fourth-order valence-electron chi connectivity index (χ4n) is 2.89. The van der Waals surface area contributed by atoms with Gasteiger partial charge in [0.15, 0.2) is 5.03 Å². The number of ether oxygens (including phenoxy) is 1. The molecule has 0 fully saturated rings. The van der Waals surface area contributed by atoms with E-state index >= 15 is 0 Å². The Hall–Kier alpha value is -3.72. The number of para-hydroxylation sites is 1. The summed E-state index contributed by atoms with van der Waals surface area (Å²) >= 11 is 1.19. The van der Waals surface area contributed by atoms with E-state index in [-0.39, 0.29) is 16.5 Å². The molecule has 0 saturated heterocycles. The number of fused-ring (bicyclic) bond motifs is 1. The van der Waals surface area contributed by atoms with Crippen molar-refractivity contribution in [1.82, 2.24) is 15.0 Å². The quantitative estimate of drug-likeness (QED) is 0.247. The molecule has 4 rings (SSSR count). The number of hydrogen-bond acceptors (Lipinski definition) is 8. The highest BCUT2D eigenvalue weighted by molar-refractivity contribution is 7.99. The van der Waals surface area contributed by atoms with Crippen LogP contribution >= 0.6 is 11.8 Å². The summed E-state index contributed by atoms with van der Waals surface area (Å²) in [6.45, 7) is 2.47.